The minimum absolute atomic E-state index is 0.215. The summed E-state index contributed by atoms with van der Waals surface area (Å²) in [6, 6.07) is 0. The third kappa shape index (κ3) is 4.47. The highest BCUT2D eigenvalue weighted by Crippen LogP contribution is 2.11. The van der Waals surface area contributed by atoms with Crippen molar-refractivity contribution in [2.24, 2.45) is 5.92 Å². The number of carbonyl (C=O) groups is 1. The summed E-state index contributed by atoms with van der Waals surface area (Å²) in [5.74, 6) is 0.827. The molecule has 0 radical (unpaired) electrons. The minimum atomic E-state index is 0.215. The van der Waals surface area contributed by atoms with Gasteiger partial charge in [0.1, 0.15) is 0 Å². The number of nitrogens with one attached hydrogen (secondary N) is 1. The second-order valence-corrected chi connectivity index (χ2v) is 4.58. The Morgan fingerprint density at radius 3 is 2.61 bits per heavy atom. The van der Waals surface area contributed by atoms with E-state index in [-0.39, 0.29) is 5.91 Å². The number of carbonyl (C=O) groups excluding carboxylic acids is 1. The van der Waals surface area contributed by atoms with Crippen molar-refractivity contribution in [1.82, 2.24) is 20.3 Å². The molecular formula is C13H24N4O. The summed E-state index contributed by atoms with van der Waals surface area (Å²) < 4.78 is 0. The molecule has 1 rings (SSSR count). The Kier molecular flexibility index (Phi) is 6.39. The van der Waals surface area contributed by atoms with E-state index in [0.29, 0.717) is 18.8 Å². The van der Waals surface area contributed by atoms with Gasteiger partial charge in [-0.05, 0) is 12.8 Å². The average Bonchev–Trinajstić information content (AvgIpc) is 2.90. The highest BCUT2D eigenvalue weighted by Gasteiger charge is 2.15. The van der Waals surface area contributed by atoms with E-state index in [1.807, 2.05) is 11.8 Å². The van der Waals surface area contributed by atoms with Crippen LogP contribution in [0, 0.1) is 5.92 Å². The topological polar surface area (TPSA) is 61.9 Å². The highest BCUT2D eigenvalue weighted by atomic mass is 16.2. The van der Waals surface area contributed by atoms with Gasteiger partial charge in [0.15, 0.2) is 0 Å². The van der Waals surface area contributed by atoms with E-state index >= 15 is 0 Å². The molecule has 1 N–H and O–H groups in total. The summed E-state index contributed by atoms with van der Waals surface area (Å²) in [4.78, 5) is 14.1. The van der Waals surface area contributed by atoms with Crippen molar-refractivity contribution < 1.29 is 4.79 Å². The second kappa shape index (κ2) is 7.84. The molecule has 0 saturated carbocycles. The summed E-state index contributed by atoms with van der Waals surface area (Å²) in [6.07, 6.45) is 5.10. The van der Waals surface area contributed by atoms with Crippen LogP contribution in [0.3, 0.4) is 0 Å². The van der Waals surface area contributed by atoms with Crippen LogP contribution in [0.25, 0.3) is 0 Å². The fraction of sp³-hybridized carbons (Fsp3) is 0.769. The molecule has 18 heavy (non-hydrogen) atoms. The Morgan fingerprint density at radius 1 is 1.39 bits per heavy atom. The number of amides is 1. The maximum atomic E-state index is 12.1. The first kappa shape index (κ1) is 14.7. The largest absolute Gasteiger partial charge is 0.343 e. The first-order valence-electron chi connectivity index (χ1n) is 6.83. The van der Waals surface area contributed by atoms with Gasteiger partial charge >= 0.3 is 0 Å². The van der Waals surface area contributed by atoms with E-state index in [4.69, 9.17) is 0 Å². The molecule has 0 aliphatic carbocycles. The van der Waals surface area contributed by atoms with Crippen molar-refractivity contribution >= 4 is 5.91 Å². The zero-order chi connectivity index (χ0) is 13.4. The van der Waals surface area contributed by atoms with Gasteiger partial charge in [-0.25, -0.2) is 0 Å². The molecule has 0 saturated heterocycles. The normalized spacial score (nSPS) is 10.9. The van der Waals surface area contributed by atoms with Crippen molar-refractivity contribution in [2.45, 2.75) is 46.5 Å². The van der Waals surface area contributed by atoms with Gasteiger partial charge in [-0.3, -0.25) is 4.79 Å². The molecule has 0 aliphatic rings. The SMILES string of the molecule is CCC(CC)CN(CC)C(=O)CCc1cn[nH]n1. The van der Waals surface area contributed by atoms with Gasteiger partial charge in [0, 0.05) is 25.9 Å². The van der Waals surface area contributed by atoms with Gasteiger partial charge in [0.05, 0.1) is 11.9 Å². The van der Waals surface area contributed by atoms with Crippen LogP contribution in [0.15, 0.2) is 6.20 Å². The van der Waals surface area contributed by atoms with Gasteiger partial charge < -0.3 is 4.90 Å². The molecule has 1 aromatic heterocycles. The van der Waals surface area contributed by atoms with Crippen LogP contribution < -0.4 is 0 Å². The molecule has 5 heteroatoms. The van der Waals surface area contributed by atoms with Crippen molar-refractivity contribution in [3.8, 4) is 0 Å². The molecule has 1 amide bonds. The number of aromatic nitrogens is 3. The predicted molar refractivity (Wildman–Crippen MR) is 71.0 cm³/mol. The smallest absolute Gasteiger partial charge is 0.222 e. The lowest BCUT2D eigenvalue weighted by Gasteiger charge is -2.25. The van der Waals surface area contributed by atoms with Crippen molar-refractivity contribution in [3.63, 3.8) is 0 Å². The van der Waals surface area contributed by atoms with Crippen molar-refractivity contribution in [1.29, 1.82) is 0 Å². The predicted octanol–water partition coefficient (Wildman–Crippen LogP) is 2.02. The van der Waals surface area contributed by atoms with Crippen LogP contribution in [-0.2, 0) is 11.2 Å². The molecule has 1 heterocycles. The zero-order valence-electron chi connectivity index (χ0n) is 11.6. The van der Waals surface area contributed by atoms with Gasteiger partial charge in [-0.2, -0.15) is 15.4 Å². The molecule has 0 fully saturated rings. The third-order valence-corrected chi connectivity index (χ3v) is 3.43. The number of rotatable bonds is 8. The van der Waals surface area contributed by atoms with E-state index in [1.165, 1.54) is 0 Å². The summed E-state index contributed by atoms with van der Waals surface area (Å²) in [5, 5.41) is 10.3. The van der Waals surface area contributed by atoms with Crippen LogP contribution in [-0.4, -0.2) is 39.3 Å². The number of aryl methyl sites for hydroxylation is 1. The van der Waals surface area contributed by atoms with Crippen molar-refractivity contribution in [2.75, 3.05) is 13.1 Å². The lowest BCUT2D eigenvalue weighted by molar-refractivity contribution is -0.131. The summed E-state index contributed by atoms with van der Waals surface area (Å²) in [5.41, 5.74) is 0.849. The van der Waals surface area contributed by atoms with Crippen LogP contribution in [0.4, 0.5) is 0 Å². The molecule has 0 aromatic carbocycles. The number of H-pyrrole nitrogens is 1. The summed E-state index contributed by atoms with van der Waals surface area (Å²) >= 11 is 0. The Labute approximate surface area is 109 Å². The molecule has 5 nitrogen and oxygen atoms in total. The number of aromatic amines is 1. The van der Waals surface area contributed by atoms with Crippen molar-refractivity contribution in [3.05, 3.63) is 11.9 Å². The lowest BCUT2D eigenvalue weighted by Crippen LogP contribution is -2.35. The quantitative estimate of drug-likeness (QED) is 0.770. The number of hydrogen-bond donors (Lipinski definition) is 1. The van der Waals surface area contributed by atoms with Crippen LogP contribution in [0.5, 0.6) is 0 Å². The van der Waals surface area contributed by atoms with E-state index in [2.05, 4.69) is 29.3 Å². The minimum Gasteiger partial charge on any atom is -0.343 e. The van der Waals surface area contributed by atoms with E-state index < -0.39 is 0 Å². The van der Waals surface area contributed by atoms with Gasteiger partial charge in [0.2, 0.25) is 5.91 Å². The van der Waals surface area contributed by atoms with E-state index in [9.17, 15) is 4.79 Å². The molecule has 0 atom stereocenters. The molecule has 102 valence electrons. The number of hydrogen-bond acceptors (Lipinski definition) is 3. The lowest BCUT2D eigenvalue weighted by atomic mass is 10.0. The molecule has 0 aliphatic heterocycles. The molecule has 0 spiro atoms. The van der Waals surface area contributed by atoms with Crippen LogP contribution in [0.2, 0.25) is 0 Å². The monoisotopic (exact) mass is 252 g/mol. The first-order chi connectivity index (χ1) is 8.71. The standard InChI is InChI=1S/C13H24N4O/c1-4-11(5-2)10-17(6-3)13(18)8-7-12-9-14-16-15-12/h9,11H,4-8,10H2,1-3H3,(H,14,15,16). The Balaban J connectivity index is 2.41. The molecule has 1 aromatic rings. The molecule has 0 unspecified atom stereocenters. The fourth-order valence-electron chi connectivity index (χ4n) is 2.00. The van der Waals surface area contributed by atoms with Crippen LogP contribution >= 0.6 is 0 Å². The fourth-order valence-corrected chi connectivity index (χ4v) is 2.00. The zero-order valence-corrected chi connectivity index (χ0v) is 11.6. The Bertz CT molecular complexity index is 333. The van der Waals surface area contributed by atoms with E-state index in [1.54, 1.807) is 6.20 Å². The first-order valence-corrected chi connectivity index (χ1v) is 6.83. The van der Waals surface area contributed by atoms with Gasteiger partial charge in [-0.1, -0.05) is 26.7 Å². The average molecular weight is 252 g/mol. The molecule has 0 bridgehead atoms. The summed E-state index contributed by atoms with van der Waals surface area (Å²) in [7, 11) is 0. The third-order valence-electron chi connectivity index (χ3n) is 3.43. The maximum absolute atomic E-state index is 12.1. The van der Waals surface area contributed by atoms with Crippen LogP contribution in [0.1, 0.15) is 45.7 Å². The highest BCUT2D eigenvalue weighted by molar-refractivity contribution is 5.76. The second-order valence-electron chi connectivity index (χ2n) is 4.58. The Hall–Kier alpha value is -1.39. The van der Waals surface area contributed by atoms with E-state index in [0.717, 1.165) is 31.6 Å². The molecular weight excluding hydrogens is 228 g/mol. The number of nitrogens with zero attached hydrogens (tertiary/aromatic N) is 3. The van der Waals surface area contributed by atoms with Gasteiger partial charge in [-0.15, -0.1) is 0 Å². The van der Waals surface area contributed by atoms with Gasteiger partial charge in [0.25, 0.3) is 0 Å². The Morgan fingerprint density at radius 2 is 2.11 bits per heavy atom. The maximum Gasteiger partial charge on any atom is 0.222 e. The summed E-state index contributed by atoms with van der Waals surface area (Å²) in [6.45, 7) is 8.06.